The van der Waals surface area contributed by atoms with Crippen LogP contribution in [0.15, 0.2) is 23.2 Å². The van der Waals surface area contributed by atoms with Crippen LogP contribution in [0.4, 0.5) is 23.5 Å². The lowest BCUT2D eigenvalue weighted by atomic mass is 10.1. The van der Waals surface area contributed by atoms with Gasteiger partial charge in [-0.3, -0.25) is 0 Å². The predicted molar refractivity (Wildman–Crippen MR) is 104 cm³/mol. The van der Waals surface area contributed by atoms with Crippen molar-refractivity contribution in [3.8, 4) is 5.88 Å². The molecule has 0 bridgehead atoms. The summed E-state index contributed by atoms with van der Waals surface area (Å²) >= 11 is 0. The molecule has 0 amide bonds. The Morgan fingerprint density at radius 3 is 2.57 bits per heavy atom. The smallest absolute Gasteiger partial charge is 0.280 e. The number of H-pyrrole nitrogens is 1. The number of nitrogens with one attached hydrogen (secondary N) is 2. The Balaban J connectivity index is 0.00000256. The fourth-order valence-electron chi connectivity index (χ4n) is 2.84. The van der Waals surface area contributed by atoms with Gasteiger partial charge in [0.1, 0.15) is 16.2 Å². The highest BCUT2D eigenvalue weighted by atomic mass is 32.2. The van der Waals surface area contributed by atoms with Gasteiger partial charge in [0, 0.05) is 32.1 Å². The second-order valence-corrected chi connectivity index (χ2v) is 7.89. The lowest BCUT2D eigenvalue weighted by molar-refractivity contribution is 0.137. The van der Waals surface area contributed by atoms with Gasteiger partial charge >= 0.3 is 0 Å². The number of aromatic nitrogens is 4. The van der Waals surface area contributed by atoms with E-state index in [1.54, 1.807) is 0 Å². The summed E-state index contributed by atoms with van der Waals surface area (Å²) < 4.78 is 83.4. The molecule has 166 valence electrons. The monoisotopic (exact) mass is 451 g/mol. The van der Waals surface area contributed by atoms with Gasteiger partial charge in [-0.25, -0.2) is 40.7 Å². The average Bonchev–Trinajstić information content (AvgIpc) is 3.10. The zero-order chi connectivity index (χ0) is 22.1. The van der Waals surface area contributed by atoms with Crippen LogP contribution in [0.2, 0.25) is 0 Å². The summed E-state index contributed by atoms with van der Waals surface area (Å²) in [5.74, 6) is -0.348. The molecule has 0 fully saturated rings. The van der Waals surface area contributed by atoms with E-state index >= 15 is 0 Å². The predicted octanol–water partition coefficient (Wildman–Crippen LogP) is 4.10. The fraction of sp³-hybridized carbons (Fsp3) is 0.353. The van der Waals surface area contributed by atoms with Gasteiger partial charge < -0.3 is 9.72 Å². The molecule has 3 heterocycles. The summed E-state index contributed by atoms with van der Waals surface area (Å²) in [5, 5.41) is 0.101. The van der Waals surface area contributed by atoms with Crippen LogP contribution in [0.25, 0.3) is 11.0 Å². The highest BCUT2D eigenvalue weighted by Gasteiger charge is 2.23. The first-order chi connectivity index (χ1) is 14.1. The minimum atomic E-state index is -4.22. The number of anilines is 1. The molecule has 2 N–H and O–H groups in total. The summed E-state index contributed by atoms with van der Waals surface area (Å²) in [6.45, 7) is 1.52. The summed E-state index contributed by atoms with van der Waals surface area (Å²) in [6, 6.07) is 2.25. The zero-order valence-corrected chi connectivity index (χ0v) is 16.6. The molecule has 0 atom stereocenters. The van der Waals surface area contributed by atoms with Crippen LogP contribution in [-0.4, -0.2) is 41.9 Å². The molecule has 0 aliphatic rings. The van der Waals surface area contributed by atoms with E-state index in [9.17, 15) is 26.0 Å². The van der Waals surface area contributed by atoms with Crippen molar-refractivity contribution in [2.45, 2.75) is 37.5 Å². The van der Waals surface area contributed by atoms with Crippen LogP contribution >= 0.6 is 0 Å². The number of rotatable bonds is 8. The van der Waals surface area contributed by atoms with Crippen LogP contribution < -0.4 is 9.46 Å². The number of aryl methyl sites for hydroxylation is 1. The molecular formula is C17H21F4N5O3S. The summed E-state index contributed by atoms with van der Waals surface area (Å²) in [7, 11) is -2.94. The van der Waals surface area contributed by atoms with E-state index in [0.29, 0.717) is 5.56 Å². The zero-order valence-electron chi connectivity index (χ0n) is 15.8. The van der Waals surface area contributed by atoms with Crippen molar-refractivity contribution in [1.82, 2.24) is 19.9 Å². The summed E-state index contributed by atoms with van der Waals surface area (Å²) in [5.41, 5.74) is 0.105. The minimum Gasteiger partial charge on any atom is -0.481 e. The molecule has 30 heavy (non-hydrogen) atoms. The quantitative estimate of drug-likeness (QED) is 0.499. The van der Waals surface area contributed by atoms with Crippen LogP contribution in [0.3, 0.4) is 0 Å². The summed E-state index contributed by atoms with van der Waals surface area (Å²) in [6.07, 6.45) is -4.68. The standard InChI is InChI=1S/C17H17F4N5O3S.2H2/c1-8-9(4-6-13(18)19)16(29-2)25-17(23-8)26-30(27,28)12-7-22-15-10(12)3-5-11(24-15)14(20)21;;/h3,5,7,13-14H,4,6H2,1-2H3,(H,22,24)(H,23,25,26);2*1H. The van der Waals surface area contributed by atoms with Crippen molar-refractivity contribution in [3.63, 3.8) is 0 Å². The number of hydrogen-bond donors (Lipinski definition) is 2. The number of nitrogens with zero attached hydrogens (tertiary/aromatic N) is 3. The van der Waals surface area contributed by atoms with Crippen LogP contribution in [-0.2, 0) is 16.4 Å². The Morgan fingerprint density at radius 2 is 1.93 bits per heavy atom. The van der Waals surface area contributed by atoms with Gasteiger partial charge in [-0.2, -0.15) is 4.98 Å². The first-order valence-corrected chi connectivity index (χ1v) is 10.1. The Kier molecular flexibility index (Phi) is 6.10. The number of aromatic amines is 1. The lowest BCUT2D eigenvalue weighted by Crippen LogP contribution is -2.16. The van der Waals surface area contributed by atoms with Gasteiger partial charge in [0.2, 0.25) is 18.3 Å². The second kappa shape index (κ2) is 8.42. The lowest BCUT2D eigenvalue weighted by Gasteiger charge is -2.13. The number of sulfonamides is 1. The van der Waals surface area contributed by atoms with E-state index in [-0.39, 0.29) is 42.7 Å². The molecule has 0 saturated heterocycles. The third-order valence-electron chi connectivity index (χ3n) is 4.24. The molecule has 3 aromatic rings. The topological polar surface area (TPSA) is 110 Å². The SMILES string of the molecule is COc1nc(NS(=O)(=O)c2c[nH]c3nc(C(F)F)ccc23)nc(C)c1CCC(F)F.[HH].[HH]. The first-order valence-electron chi connectivity index (χ1n) is 8.61. The highest BCUT2D eigenvalue weighted by molar-refractivity contribution is 7.93. The number of methoxy groups -OCH3 is 1. The Morgan fingerprint density at radius 1 is 1.20 bits per heavy atom. The molecule has 0 unspecified atom stereocenters. The number of ether oxygens (including phenoxy) is 1. The molecule has 0 aromatic carbocycles. The molecule has 0 aliphatic heterocycles. The van der Waals surface area contributed by atoms with E-state index < -0.39 is 35.0 Å². The van der Waals surface area contributed by atoms with Crippen molar-refractivity contribution in [1.29, 1.82) is 0 Å². The molecule has 0 spiro atoms. The van der Waals surface area contributed by atoms with E-state index in [1.165, 1.54) is 20.1 Å². The number of pyridine rings is 1. The van der Waals surface area contributed by atoms with Crippen molar-refractivity contribution in [3.05, 3.63) is 35.3 Å². The fourth-order valence-corrected chi connectivity index (χ4v) is 3.95. The minimum absolute atomic E-state index is 0. The van der Waals surface area contributed by atoms with Crippen molar-refractivity contribution in [2.75, 3.05) is 11.8 Å². The van der Waals surface area contributed by atoms with Crippen molar-refractivity contribution >= 4 is 27.0 Å². The molecule has 0 aliphatic carbocycles. The van der Waals surface area contributed by atoms with E-state index in [0.717, 1.165) is 12.3 Å². The third kappa shape index (κ3) is 4.45. The molecule has 3 aromatic heterocycles. The largest absolute Gasteiger partial charge is 0.481 e. The number of fused-ring (bicyclic) bond motifs is 1. The van der Waals surface area contributed by atoms with Crippen LogP contribution in [0.5, 0.6) is 5.88 Å². The summed E-state index contributed by atoms with van der Waals surface area (Å²) in [4.78, 5) is 14.0. The van der Waals surface area contributed by atoms with Crippen LogP contribution in [0, 0.1) is 6.92 Å². The van der Waals surface area contributed by atoms with Gasteiger partial charge in [-0.15, -0.1) is 0 Å². The first kappa shape index (κ1) is 21.7. The van der Waals surface area contributed by atoms with Crippen molar-refractivity contribution < 1.29 is 33.6 Å². The normalized spacial score (nSPS) is 12.1. The van der Waals surface area contributed by atoms with Gasteiger partial charge in [0.05, 0.1) is 7.11 Å². The molecular weight excluding hydrogens is 430 g/mol. The number of halogens is 4. The van der Waals surface area contributed by atoms with E-state index in [4.69, 9.17) is 4.74 Å². The highest BCUT2D eigenvalue weighted by Crippen LogP contribution is 2.28. The Labute approximate surface area is 171 Å². The number of hydrogen-bond acceptors (Lipinski definition) is 6. The Hall–Kier alpha value is -2.96. The molecule has 13 heteroatoms. The van der Waals surface area contributed by atoms with Crippen LogP contribution in [0.1, 0.15) is 32.7 Å². The average molecular weight is 451 g/mol. The molecule has 8 nitrogen and oxygen atoms in total. The molecule has 0 radical (unpaired) electrons. The molecule has 0 saturated carbocycles. The van der Waals surface area contributed by atoms with E-state index in [2.05, 4.69) is 24.7 Å². The maximum absolute atomic E-state index is 12.8. The van der Waals surface area contributed by atoms with Gasteiger partial charge in [0.25, 0.3) is 16.4 Å². The van der Waals surface area contributed by atoms with Crippen molar-refractivity contribution in [2.24, 2.45) is 0 Å². The Bertz CT molecular complexity index is 1180. The van der Waals surface area contributed by atoms with Gasteiger partial charge in [0.15, 0.2) is 0 Å². The molecule has 3 rings (SSSR count). The second-order valence-electron chi connectivity index (χ2n) is 6.24. The maximum atomic E-state index is 12.8. The van der Waals surface area contributed by atoms with Gasteiger partial charge in [-0.05, 0) is 25.5 Å². The third-order valence-corrected chi connectivity index (χ3v) is 5.61. The number of alkyl halides is 4. The van der Waals surface area contributed by atoms with E-state index in [1.807, 2.05) is 0 Å². The maximum Gasteiger partial charge on any atom is 0.280 e. The van der Waals surface area contributed by atoms with Gasteiger partial charge in [-0.1, -0.05) is 0 Å².